The predicted molar refractivity (Wildman–Crippen MR) is 96.6 cm³/mol. The molecular weight excluding hydrogens is 264 g/mol. The average molecular weight is 288 g/mol. The lowest BCUT2D eigenvalue weighted by Crippen LogP contribution is -2.13. The number of fused-ring (bicyclic) bond motifs is 5. The molecule has 0 nitrogen and oxygen atoms in total. The van der Waals surface area contributed by atoms with Gasteiger partial charge in [-0.15, -0.1) is 0 Å². The van der Waals surface area contributed by atoms with Crippen molar-refractivity contribution in [1.29, 1.82) is 0 Å². The maximum Gasteiger partial charge on any atom is -0.0102 e. The standard InChI is InChI=1S/C22H24/c1-3-15-9-10-17-11-12-20-19-8-6-5-7-18(19)16(4-2)14-22(20)21(17)13-15/h5-8,11-12,14-15H,3-4,9-10,13H2,1-2H3. The zero-order chi connectivity index (χ0) is 15.1. The summed E-state index contributed by atoms with van der Waals surface area (Å²) in [5.41, 5.74) is 4.72. The summed E-state index contributed by atoms with van der Waals surface area (Å²) in [6.07, 6.45) is 6.31. The fraction of sp³-hybridized carbons (Fsp3) is 0.364. The molecule has 1 atom stereocenters. The van der Waals surface area contributed by atoms with Crippen molar-refractivity contribution in [3.63, 3.8) is 0 Å². The van der Waals surface area contributed by atoms with Crippen molar-refractivity contribution in [2.24, 2.45) is 5.92 Å². The van der Waals surface area contributed by atoms with Gasteiger partial charge in [-0.25, -0.2) is 0 Å². The van der Waals surface area contributed by atoms with Crippen molar-refractivity contribution < 1.29 is 0 Å². The van der Waals surface area contributed by atoms with Crippen LogP contribution in [0.5, 0.6) is 0 Å². The molecular formula is C22H24. The van der Waals surface area contributed by atoms with Gasteiger partial charge in [-0.05, 0) is 69.8 Å². The second-order valence-electron chi connectivity index (χ2n) is 6.75. The number of hydrogen-bond donors (Lipinski definition) is 0. The molecule has 0 N–H and O–H groups in total. The molecule has 1 unspecified atom stereocenters. The van der Waals surface area contributed by atoms with E-state index in [1.54, 1.807) is 11.1 Å². The summed E-state index contributed by atoms with van der Waals surface area (Å²) in [5.74, 6) is 0.870. The summed E-state index contributed by atoms with van der Waals surface area (Å²) in [7, 11) is 0. The van der Waals surface area contributed by atoms with Crippen molar-refractivity contribution in [2.45, 2.75) is 46.0 Å². The van der Waals surface area contributed by atoms with E-state index in [0.29, 0.717) is 0 Å². The largest absolute Gasteiger partial charge is 0.0651 e. The van der Waals surface area contributed by atoms with E-state index in [0.717, 1.165) is 12.3 Å². The Labute approximate surface area is 133 Å². The number of aryl methyl sites for hydroxylation is 2. The first-order valence-corrected chi connectivity index (χ1v) is 8.77. The minimum Gasteiger partial charge on any atom is -0.0651 e. The van der Waals surface area contributed by atoms with Crippen LogP contribution in [0.25, 0.3) is 21.5 Å². The highest BCUT2D eigenvalue weighted by atomic mass is 14.2. The molecule has 4 rings (SSSR count). The molecule has 3 aromatic carbocycles. The molecule has 0 heterocycles. The van der Waals surface area contributed by atoms with Gasteiger partial charge in [0.1, 0.15) is 0 Å². The van der Waals surface area contributed by atoms with Crippen molar-refractivity contribution in [3.05, 3.63) is 59.2 Å². The van der Waals surface area contributed by atoms with Gasteiger partial charge in [-0.3, -0.25) is 0 Å². The molecule has 0 spiro atoms. The molecule has 0 heteroatoms. The van der Waals surface area contributed by atoms with Crippen LogP contribution in [0.2, 0.25) is 0 Å². The van der Waals surface area contributed by atoms with Gasteiger partial charge < -0.3 is 0 Å². The zero-order valence-electron chi connectivity index (χ0n) is 13.7. The smallest absolute Gasteiger partial charge is 0.0102 e. The molecule has 0 fully saturated rings. The Bertz CT molecular complexity index is 841. The Kier molecular flexibility index (Phi) is 3.41. The van der Waals surface area contributed by atoms with Crippen LogP contribution in [-0.4, -0.2) is 0 Å². The highest BCUT2D eigenvalue weighted by Gasteiger charge is 2.20. The monoisotopic (exact) mass is 288 g/mol. The lowest BCUT2D eigenvalue weighted by Gasteiger charge is -2.25. The SMILES string of the molecule is CCc1cc2c3c(ccc2c2ccccc12)CCC(CC)C3. The third-order valence-corrected chi connectivity index (χ3v) is 5.61. The van der Waals surface area contributed by atoms with Gasteiger partial charge in [-0.2, -0.15) is 0 Å². The van der Waals surface area contributed by atoms with E-state index in [4.69, 9.17) is 0 Å². The molecule has 3 aromatic rings. The van der Waals surface area contributed by atoms with Crippen molar-refractivity contribution in [1.82, 2.24) is 0 Å². The van der Waals surface area contributed by atoms with Crippen LogP contribution in [0.1, 0.15) is 43.4 Å². The second-order valence-corrected chi connectivity index (χ2v) is 6.75. The molecule has 0 aliphatic heterocycles. The summed E-state index contributed by atoms with van der Waals surface area (Å²) in [6, 6.07) is 16.2. The van der Waals surface area contributed by atoms with E-state index in [9.17, 15) is 0 Å². The van der Waals surface area contributed by atoms with Crippen LogP contribution in [0.4, 0.5) is 0 Å². The van der Waals surface area contributed by atoms with E-state index in [1.165, 1.54) is 52.8 Å². The summed E-state index contributed by atoms with van der Waals surface area (Å²) in [5, 5.41) is 5.83. The van der Waals surface area contributed by atoms with E-state index in [2.05, 4.69) is 56.3 Å². The molecule has 112 valence electrons. The van der Waals surface area contributed by atoms with Gasteiger partial charge in [0.25, 0.3) is 0 Å². The van der Waals surface area contributed by atoms with Gasteiger partial charge in [0.2, 0.25) is 0 Å². The molecule has 1 aliphatic rings. The van der Waals surface area contributed by atoms with Gasteiger partial charge >= 0.3 is 0 Å². The zero-order valence-corrected chi connectivity index (χ0v) is 13.7. The van der Waals surface area contributed by atoms with Crippen LogP contribution in [-0.2, 0) is 19.3 Å². The minimum absolute atomic E-state index is 0.870. The molecule has 0 saturated carbocycles. The van der Waals surface area contributed by atoms with Gasteiger partial charge in [0, 0.05) is 0 Å². The first kappa shape index (κ1) is 13.8. The Morgan fingerprint density at radius 3 is 2.45 bits per heavy atom. The van der Waals surface area contributed by atoms with Crippen LogP contribution in [0, 0.1) is 5.92 Å². The fourth-order valence-corrected chi connectivity index (χ4v) is 4.23. The minimum atomic E-state index is 0.870. The fourth-order valence-electron chi connectivity index (χ4n) is 4.23. The topological polar surface area (TPSA) is 0 Å². The van der Waals surface area contributed by atoms with Crippen LogP contribution < -0.4 is 0 Å². The van der Waals surface area contributed by atoms with Gasteiger partial charge in [-0.1, -0.05) is 62.7 Å². The molecule has 22 heavy (non-hydrogen) atoms. The molecule has 0 amide bonds. The van der Waals surface area contributed by atoms with Crippen LogP contribution >= 0.6 is 0 Å². The summed E-state index contributed by atoms with van der Waals surface area (Å²) >= 11 is 0. The average Bonchev–Trinajstić information content (AvgIpc) is 2.60. The molecule has 1 aliphatic carbocycles. The first-order valence-electron chi connectivity index (χ1n) is 8.77. The maximum atomic E-state index is 2.48. The van der Waals surface area contributed by atoms with Crippen LogP contribution in [0.15, 0.2) is 42.5 Å². The number of rotatable bonds is 2. The van der Waals surface area contributed by atoms with E-state index in [-0.39, 0.29) is 0 Å². The second kappa shape index (κ2) is 5.43. The third-order valence-electron chi connectivity index (χ3n) is 5.61. The molecule has 0 aromatic heterocycles. The Morgan fingerprint density at radius 1 is 0.909 bits per heavy atom. The molecule has 0 radical (unpaired) electrons. The summed E-state index contributed by atoms with van der Waals surface area (Å²) < 4.78 is 0. The van der Waals surface area contributed by atoms with Crippen molar-refractivity contribution in [2.75, 3.05) is 0 Å². The Hall–Kier alpha value is -1.82. The van der Waals surface area contributed by atoms with E-state index < -0.39 is 0 Å². The summed E-state index contributed by atoms with van der Waals surface area (Å²) in [6.45, 7) is 4.62. The Balaban J connectivity index is 2.06. The number of hydrogen-bond acceptors (Lipinski definition) is 0. The predicted octanol–water partition coefficient (Wildman–Crippen LogP) is 6.07. The quantitative estimate of drug-likeness (QED) is 0.502. The highest BCUT2D eigenvalue weighted by molar-refractivity contribution is 6.10. The normalized spacial score (nSPS) is 17.8. The van der Waals surface area contributed by atoms with Crippen molar-refractivity contribution >= 4 is 21.5 Å². The Morgan fingerprint density at radius 2 is 1.68 bits per heavy atom. The van der Waals surface area contributed by atoms with E-state index >= 15 is 0 Å². The number of benzene rings is 3. The molecule has 0 saturated heterocycles. The maximum absolute atomic E-state index is 2.48. The van der Waals surface area contributed by atoms with E-state index in [1.807, 2.05) is 0 Å². The molecule has 0 bridgehead atoms. The van der Waals surface area contributed by atoms with Crippen molar-refractivity contribution in [3.8, 4) is 0 Å². The lowest BCUT2D eigenvalue weighted by molar-refractivity contribution is 0.447. The van der Waals surface area contributed by atoms with Gasteiger partial charge in [0.05, 0.1) is 0 Å². The first-order chi connectivity index (χ1) is 10.8. The van der Waals surface area contributed by atoms with Crippen LogP contribution in [0.3, 0.4) is 0 Å². The summed E-state index contributed by atoms with van der Waals surface area (Å²) in [4.78, 5) is 0. The third kappa shape index (κ3) is 2.05. The van der Waals surface area contributed by atoms with Gasteiger partial charge in [0.15, 0.2) is 0 Å². The lowest BCUT2D eigenvalue weighted by atomic mass is 9.79. The highest BCUT2D eigenvalue weighted by Crippen LogP contribution is 2.37.